The molecule has 0 aliphatic rings. The lowest BCUT2D eigenvalue weighted by Crippen LogP contribution is -2.28. The number of thioether (sulfide) groups is 1. The summed E-state index contributed by atoms with van der Waals surface area (Å²) in [5, 5.41) is 3.07. The van der Waals surface area contributed by atoms with Gasteiger partial charge in [-0.15, -0.1) is 11.8 Å². The van der Waals surface area contributed by atoms with Gasteiger partial charge in [-0.05, 0) is 37.5 Å². The molecule has 116 valence electrons. The molecule has 0 heterocycles. The van der Waals surface area contributed by atoms with Crippen LogP contribution in [0, 0.1) is 13.8 Å². The fourth-order valence-corrected chi connectivity index (χ4v) is 3.28. The van der Waals surface area contributed by atoms with E-state index in [-0.39, 0.29) is 11.9 Å². The topological polar surface area (TPSA) is 29.1 Å². The first-order chi connectivity index (χ1) is 10.6. The highest BCUT2D eigenvalue weighted by Gasteiger charge is 2.11. The maximum atomic E-state index is 12.1. The van der Waals surface area contributed by atoms with E-state index >= 15 is 0 Å². The fourth-order valence-electron chi connectivity index (χ4n) is 2.50. The zero-order valence-electron chi connectivity index (χ0n) is 13.4. The third kappa shape index (κ3) is 4.92. The molecule has 3 heteroatoms. The van der Waals surface area contributed by atoms with Crippen LogP contribution in [0.4, 0.5) is 0 Å². The standard InChI is InChI=1S/C19H23NOS/c1-14-7-6-9-17(11-14)12-22-13-19(21)20-16(3)18-10-5-4-8-15(18)2/h4-11,16H,12-13H2,1-3H3,(H,20,21). The molecule has 0 saturated heterocycles. The minimum atomic E-state index is 0.0493. The predicted octanol–water partition coefficient (Wildman–Crippen LogP) is 4.41. The molecule has 2 aromatic carbocycles. The van der Waals surface area contributed by atoms with Crippen LogP contribution in [0.2, 0.25) is 0 Å². The van der Waals surface area contributed by atoms with Crippen molar-refractivity contribution in [3.63, 3.8) is 0 Å². The molecule has 0 fully saturated rings. The smallest absolute Gasteiger partial charge is 0.230 e. The Bertz CT molecular complexity index is 639. The lowest BCUT2D eigenvalue weighted by molar-refractivity contribution is -0.119. The Morgan fingerprint density at radius 3 is 2.64 bits per heavy atom. The fraction of sp³-hybridized carbons (Fsp3) is 0.316. The van der Waals surface area contributed by atoms with Crippen molar-refractivity contribution < 1.29 is 4.79 Å². The molecule has 0 bridgehead atoms. The Kier molecular flexibility index (Phi) is 6.08. The van der Waals surface area contributed by atoms with Crippen LogP contribution in [-0.2, 0) is 10.5 Å². The molecule has 0 aliphatic heterocycles. The number of amides is 1. The number of benzene rings is 2. The summed E-state index contributed by atoms with van der Waals surface area (Å²) < 4.78 is 0. The van der Waals surface area contributed by atoms with Crippen LogP contribution in [0.1, 0.15) is 35.2 Å². The maximum Gasteiger partial charge on any atom is 0.230 e. The Morgan fingerprint density at radius 1 is 1.14 bits per heavy atom. The van der Waals surface area contributed by atoms with E-state index in [0.29, 0.717) is 5.75 Å². The van der Waals surface area contributed by atoms with Crippen LogP contribution in [-0.4, -0.2) is 11.7 Å². The molecule has 2 nitrogen and oxygen atoms in total. The monoisotopic (exact) mass is 313 g/mol. The number of rotatable bonds is 6. The summed E-state index contributed by atoms with van der Waals surface area (Å²) in [5.41, 5.74) is 4.92. The quantitative estimate of drug-likeness (QED) is 0.855. The van der Waals surface area contributed by atoms with E-state index in [1.54, 1.807) is 11.8 Å². The van der Waals surface area contributed by atoms with Gasteiger partial charge in [-0.1, -0.05) is 54.1 Å². The molecule has 1 N–H and O–H groups in total. The van der Waals surface area contributed by atoms with E-state index in [4.69, 9.17) is 0 Å². The van der Waals surface area contributed by atoms with Gasteiger partial charge in [0.2, 0.25) is 5.91 Å². The summed E-state index contributed by atoms with van der Waals surface area (Å²) in [4.78, 5) is 12.1. The van der Waals surface area contributed by atoms with E-state index in [0.717, 1.165) is 5.75 Å². The number of carbonyl (C=O) groups is 1. The summed E-state index contributed by atoms with van der Waals surface area (Å²) >= 11 is 1.65. The second-order valence-corrected chi connectivity index (χ2v) is 6.61. The number of hydrogen-bond acceptors (Lipinski definition) is 2. The lowest BCUT2D eigenvalue weighted by Gasteiger charge is -2.16. The highest BCUT2D eigenvalue weighted by Crippen LogP contribution is 2.17. The molecule has 0 saturated carbocycles. The number of carbonyl (C=O) groups excluding carboxylic acids is 1. The molecule has 0 aliphatic carbocycles. The average Bonchev–Trinajstić information content (AvgIpc) is 2.47. The molecule has 1 atom stereocenters. The van der Waals surface area contributed by atoms with E-state index in [1.165, 1.54) is 22.3 Å². The Hall–Kier alpha value is -1.74. The average molecular weight is 313 g/mol. The van der Waals surface area contributed by atoms with Crippen molar-refractivity contribution in [1.82, 2.24) is 5.32 Å². The summed E-state index contributed by atoms with van der Waals surface area (Å²) in [7, 11) is 0. The second kappa shape index (κ2) is 8.04. The first-order valence-corrected chi connectivity index (χ1v) is 8.70. The Balaban J connectivity index is 1.79. The molecule has 22 heavy (non-hydrogen) atoms. The van der Waals surface area contributed by atoms with Crippen LogP contribution in [0.5, 0.6) is 0 Å². The molecular weight excluding hydrogens is 290 g/mol. The van der Waals surface area contributed by atoms with Gasteiger partial charge < -0.3 is 5.32 Å². The van der Waals surface area contributed by atoms with E-state index in [1.807, 2.05) is 19.1 Å². The van der Waals surface area contributed by atoms with Crippen molar-refractivity contribution in [3.8, 4) is 0 Å². The minimum Gasteiger partial charge on any atom is -0.349 e. The van der Waals surface area contributed by atoms with E-state index < -0.39 is 0 Å². The molecule has 2 aromatic rings. The zero-order valence-corrected chi connectivity index (χ0v) is 14.2. The molecule has 2 rings (SSSR count). The van der Waals surface area contributed by atoms with Crippen molar-refractivity contribution in [3.05, 3.63) is 70.8 Å². The minimum absolute atomic E-state index is 0.0493. The van der Waals surface area contributed by atoms with Gasteiger partial charge in [0.15, 0.2) is 0 Å². The predicted molar refractivity (Wildman–Crippen MR) is 95.1 cm³/mol. The van der Waals surface area contributed by atoms with Gasteiger partial charge in [-0.2, -0.15) is 0 Å². The number of nitrogens with one attached hydrogen (secondary N) is 1. The first-order valence-electron chi connectivity index (χ1n) is 7.54. The molecule has 0 spiro atoms. The van der Waals surface area contributed by atoms with Gasteiger partial charge in [0, 0.05) is 5.75 Å². The van der Waals surface area contributed by atoms with Crippen molar-refractivity contribution in [2.75, 3.05) is 5.75 Å². The van der Waals surface area contributed by atoms with Crippen LogP contribution in [0.15, 0.2) is 48.5 Å². The molecule has 0 radical (unpaired) electrons. The molecule has 1 unspecified atom stereocenters. The molecular formula is C19H23NOS. The van der Waals surface area contributed by atoms with Crippen LogP contribution in [0.3, 0.4) is 0 Å². The summed E-state index contributed by atoms with van der Waals surface area (Å²) in [6.45, 7) is 6.20. The third-order valence-electron chi connectivity index (χ3n) is 3.62. The Labute approximate surface area is 137 Å². The van der Waals surface area contributed by atoms with Gasteiger partial charge in [0.25, 0.3) is 0 Å². The van der Waals surface area contributed by atoms with Crippen LogP contribution >= 0.6 is 11.8 Å². The summed E-state index contributed by atoms with van der Waals surface area (Å²) in [5.74, 6) is 1.45. The van der Waals surface area contributed by atoms with Crippen molar-refractivity contribution >= 4 is 17.7 Å². The van der Waals surface area contributed by atoms with Gasteiger partial charge in [-0.3, -0.25) is 4.79 Å². The van der Waals surface area contributed by atoms with Crippen molar-refractivity contribution in [2.45, 2.75) is 32.6 Å². The second-order valence-electron chi connectivity index (χ2n) is 5.63. The van der Waals surface area contributed by atoms with Crippen molar-refractivity contribution in [2.24, 2.45) is 0 Å². The SMILES string of the molecule is Cc1cccc(CSCC(=O)NC(C)c2ccccc2C)c1. The molecule has 0 aromatic heterocycles. The summed E-state index contributed by atoms with van der Waals surface area (Å²) in [6, 6.07) is 16.6. The van der Waals surface area contributed by atoms with E-state index in [9.17, 15) is 4.79 Å². The van der Waals surface area contributed by atoms with E-state index in [2.05, 4.69) is 55.6 Å². The normalized spacial score (nSPS) is 12.0. The van der Waals surface area contributed by atoms with Gasteiger partial charge in [0.1, 0.15) is 0 Å². The van der Waals surface area contributed by atoms with Gasteiger partial charge in [0.05, 0.1) is 11.8 Å². The van der Waals surface area contributed by atoms with Crippen LogP contribution in [0.25, 0.3) is 0 Å². The highest BCUT2D eigenvalue weighted by atomic mass is 32.2. The number of aryl methyl sites for hydroxylation is 2. The summed E-state index contributed by atoms with van der Waals surface area (Å²) in [6.07, 6.45) is 0. The van der Waals surface area contributed by atoms with Gasteiger partial charge >= 0.3 is 0 Å². The van der Waals surface area contributed by atoms with Gasteiger partial charge in [-0.25, -0.2) is 0 Å². The maximum absolute atomic E-state index is 12.1. The number of hydrogen-bond donors (Lipinski definition) is 1. The highest BCUT2D eigenvalue weighted by molar-refractivity contribution is 7.99. The molecule has 1 amide bonds. The van der Waals surface area contributed by atoms with Crippen molar-refractivity contribution in [1.29, 1.82) is 0 Å². The lowest BCUT2D eigenvalue weighted by atomic mass is 10.0. The zero-order chi connectivity index (χ0) is 15.9. The Morgan fingerprint density at radius 2 is 1.91 bits per heavy atom. The largest absolute Gasteiger partial charge is 0.349 e. The third-order valence-corrected chi connectivity index (χ3v) is 4.62. The first kappa shape index (κ1) is 16.6. The van der Waals surface area contributed by atoms with Crippen LogP contribution < -0.4 is 5.32 Å².